The first-order chi connectivity index (χ1) is 12.1. The largest absolute Gasteiger partial charge is 0.490 e. The molecule has 6 heteroatoms. The van der Waals surface area contributed by atoms with Crippen molar-refractivity contribution in [2.24, 2.45) is 0 Å². The van der Waals surface area contributed by atoms with Gasteiger partial charge in [-0.05, 0) is 36.4 Å². The number of pyridine rings is 1. The first kappa shape index (κ1) is 17.0. The SMILES string of the molecule is O=C(Cc1ccccn1)c1ccc(OC2CCN(C(=O)O)CC2)cc1. The van der Waals surface area contributed by atoms with E-state index in [2.05, 4.69) is 4.98 Å². The van der Waals surface area contributed by atoms with Crippen molar-refractivity contribution in [2.75, 3.05) is 13.1 Å². The van der Waals surface area contributed by atoms with Gasteiger partial charge < -0.3 is 14.7 Å². The number of Topliss-reactive ketones (excluding diaryl/α,β-unsaturated/α-hetero) is 1. The number of ketones is 1. The topological polar surface area (TPSA) is 79.7 Å². The molecular weight excluding hydrogens is 320 g/mol. The maximum Gasteiger partial charge on any atom is 0.407 e. The molecule has 1 saturated heterocycles. The standard InChI is InChI=1S/C19H20N2O4/c22-18(13-15-3-1-2-10-20-15)14-4-6-16(7-5-14)25-17-8-11-21(12-9-17)19(23)24/h1-7,10,17H,8-9,11-13H2,(H,23,24). The maximum atomic E-state index is 12.3. The summed E-state index contributed by atoms with van der Waals surface area (Å²) in [5.41, 5.74) is 1.37. The highest BCUT2D eigenvalue weighted by Gasteiger charge is 2.23. The molecule has 0 spiro atoms. The van der Waals surface area contributed by atoms with Crippen LogP contribution in [0.4, 0.5) is 4.79 Å². The highest BCUT2D eigenvalue weighted by Crippen LogP contribution is 2.20. The Morgan fingerprint density at radius 1 is 1.12 bits per heavy atom. The fraction of sp³-hybridized carbons (Fsp3) is 0.316. The monoisotopic (exact) mass is 340 g/mol. The molecule has 1 aromatic carbocycles. The molecule has 25 heavy (non-hydrogen) atoms. The molecule has 0 aliphatic carbocycles. The third-order valence-corrected chi connectivity index (χ3v) is 4.26. The molecule has 130 valence electrons. The van der Waals surface area contributed by atoms with Crippen molar-refractivity contribution in [3.63, 3.8) is 0 Å². The molecular formula is C19H20N2O4. The van der Waals surface area contributed by atoms with Gasteiger partial charge in [0.25, 0.3) is 0 Å². The minimum atomic E-state index is -0.880. The molecule has 0 unspecified atom stereocenters. The Morgan fingerprint density at radius 2 is 1.84 bits per heavy atom. The van der Waals surface area contributed by atoms with Crippen molar-refractivity contribution >= 4 is 11.9 Å². The number of carboxylic acid groups (broad SMARTS) is 1. The average molecular weight is 340 g/mol. The van der Waals surface area contributed by atoms with E-state index in [-0.39, 0.29) is 18.3 Å². The van der Waals surface area contributed by atoms with Gasteiger partial charge in [-0.1, -0.05) is 6.07 Å². The van der Waals surface area contributed by atoms with Crippen LogP contribution in [0.1, 0.15) is 28.9 Å². The van der Waals surface area contributed by atoms with Gasteiger partial charge in [0.1, 0.15) is 11.9 Å². The highest BCUT2D eigenvalue weighted by molar-refractivity contribution is 5.97. The van der Waals surface area contributed by atoms with Gasteiger partial charge in [-0.25, -0.2) is 4.79 Å². The Labute approximate surface area is 146 Å². The predicted molar refractivity (Wildman–Crippen MR) is 92.0 cm³/mol. The van der Waals surface area contributed by atoms with E-state index in [9.17, 15) is 9.59 Å². The number of aromatic nitrogens is 1. The summed E-state index contributed by atoms with van der Waals surface area (Å²) in [7, 11) is 0. The summed E-state index contributed by atoms with van der Waals surface area (Å²) >= 11 is 0. The van der Waals surface area contributed by atoms with Crippen LogP contribution in [0.15, 0.2) is 48.7 Å². The van der Waals surface area contributed by atoms with E-state index in [1.54, 1.807) is 30.5 Å². The normalized spacial score (nSPS) is 15.0. The van der Waals surface area contributed by atoms with E-state index < -0.39 is 6.09 Å². The molecule has 1 amide bonds. The molecule has 1 N–H and O–H groups in total. The molecule has 2 aromatic rings. The maximum absolute atomic E-state index is 12.3. The first-order valence-corrected chi connectivity index (χ1v) is 8.29. The van der Waals surface area contributed by atoms with Crippen LogP contribution in [0.3, 0.4) is 0 Å². The smallest absolute Gasteiger partial charge is 0.407 e. The number of carbonyl (C=O) groups is 2. The molecule has 2 heterocycles. The zero-order valence-electron chi connectivity index (χ0n) is 13.8. The van der Waals surface area contributed by atoms with Gasteiger partial charge in [-0.3, -0.25) is 9.78 Å². The minimum absolute atomic E-state index is 0.00525. The number of nitrogens with zero attached hydrogens (tertiary/aromatic N) is 2. The zero-order valence-corrected chi connectivity index (χ0v) is 13.8. The van der Waals surface area contributed by atoms with Crippen LogP contribution in [0.2, 0.25) is 0 Å². The van der Waals surface area contributed by atoms with Gasteiger partial charge >= 0.3 is 6.09 Å². The molecule has 0 radical (unpaired) electrons. The number of benzene rings is 1. The molecule has 1 aromatic heterocycles. The second kappa shape index (κ2) is 7.79. The van der Waals surface area contributed by atoms with Crippen LogP contribution in [0.5, 0.6) is 5.75 Å². The van der Waals surface area contributed by atoms with Gasteiger partial charge in [0.2, 0.25) is 0 Å². The number of hydrogen-bond acceptors (Lipinski definition) is 4. The highest BCUT2D eigenvalue weighted by atomic mass is 16.5. The summed E-state index contributed by atoms with van der Waals surface area (Å²) in [6, 6.07) is 12.6. The summed E-state index contributed by atoms with van der Waals surface area (Å²) in [6.45, 7) is 0.974. The second-order valence-corrected chi connectivity index (χ2v) is 6.03. The number of ether oxygens (including phenoxy) is 1. The number of piperidine rings is 1. The quantitative estimate of drug-likeness (QED) is 0.846. The lowest BCUT2D eigenvalue weighted by molar-refractivity contribution is 0.0895. The Hall–Kier alpha value is -2.89. The van der Waals surface area contributed by atoms with E-state index in [0.717, 1.165) is 5.69 Å². The number of amides is 1. The Morgan fingerprint density at radius 3 is 2.44 bits per heavy atom. The lowest BCUT2D eigenvalue weighted by Gasteiger charge is -2.30. The molecule has 6 nitrogen and oxygen atoms in total. The number of rotatable bonds is 5. The van der Waals surface area contributed by atoms with E-state index in [4.69, 9.17) is 9.84 Å². The lowest BCUT2D eigenvalue weighted by Crippen LogP contribution is -2.41. The molecule has 1 aliphatic rings. The van der Waals surface area contributed by atoms with Crippen molar-refractivity contribution in [3.05, 3.63) is 59.9 Å². The second-order valence-electron chi connectivity index (χ2n) is 6.03. The van der Waals surface area contributed by atoms with Crippen LogP contribution in [0.25, 0.3) is 0 Å². The van der Waals surface area contributed by atoms with Gasteiger partial charge in [0, 0.05) is 43.4 Å². The third-order valence-electron chi connectivity index (χ3n) is 4.26. The van der Waals surface area contributed by atoms with Gasteiger partial charge in [-0.15, -0.1) is 0 Å². The number of carbonyl (C=O) groups excluding carboxylic acids is 1. The molecule has 0 atom stereocenters. The summed E-state index contributed by atoms with van der Waals surface area (Å²) in [5, 5.41) is 8.95. The molecule has 1 aliphatic heterocycles. The van der Waals surface area contributed by atoms with Crippen LogP contribution in [-0.2, 0) is 6.42 Å². The summed E-state index contributed by atoms with van der Waals surface area (Å²) in [6.07, 6.45) is 2.42. The zero-order chi connectivity index (χ0) is 17.6. The van der Waals surface area contributed by atoms with E-state index >= 15 is 0 Å². The average Bonchev–Trinajstić information content (AvgIpc) is 2.63. The molecule has 1 fully saturated rings. The van der Waals surface area contributed by atoms with Crippen LogP contribution < -0.4 is 4.74 Å². The lowest BCUT2D eigenvalue weighted by atomic mass is 10.1. The first-order valence-electron chi connectivity index (χ1n) is 8.29. The van der Waals surface area contributed by atoms with E-state index in [1.165, 1.54) is 4.90 Å². The van der Waals surface area contributed by atoms with Crippen molar-refractivity contribution in [1.82, 2.24) is 9.88 Å². The van der Waals surface area contributed by atoms with Gasteiger partial charge in [0.15, 0.2) is 5.78 Å². The summed E-state index contributed by atoms with van der Waals surface area (Å²) in [4.78, 5) is 28.7. The van der Waals surface area contributed by atoms with Crippen molar-refractivity contribution < 1.29 is 19.4 Å². The fourth-order valence-corrected chi connectivity index (χ4v) is 2.85. The molecule has 0 saturated carbocycles. The van der Waals surface area contributed by atoms with Crippen LogP contribution in [0, 0.1) is 0 Å². The fourth-order valence-electron chi connectivity index (χ4n) is 2.85. The summed E-state index contributed by atoms with van der Waals surface area (Å²) < 4.78 is 5.89. The Bertz CT molecular complexity index is 723. The summed E-state index contributed by atoms with van der Waals surface area (Å²) in [5.74, 6) is 0.711. The van der Waals surface area contributed by atoms with Crippen molar-refractivity contribution in [2.45, 2.75) is 25.4 Å². The van der Waals surface area contributed by atoms with Crippen LogP contribution >= 0.6 is 0 Å². The van der Waals surface area contributed by atoms with E-state index in [1.807, 2.05) is 18.2 Å². The minimum Gasteiger partial charge on any atom is -0.490 e. The third kappa shape index (κ3) is 4.56. The van der Waals surface area contributed by atoms with E-state index in [0.29, 0.717) is 37.2 Å². The van der Waals surface area contributed by atoms with Gasteiger partial charge in [0.05, 0.1) is 6.42 Å². The van der Waals surface area contributed by atoms with Crippen molar-refractivity contribution in [3.8, 4) is 5.75 Å². The number of hydrogen-bond donors (Lipinski definition) is 1. The van der Waals surface area contributed by atoms with Crippen LogP contribution in [-0.4, -0.2) is 46.1 Å². The van der Waals surface area contributed by atoms with Gasteiger partial charge in [-0.2, -0.15) is 0 Å². The Balaban J connectivity index is 1.54. The molecule has 0 bridgehead atoms. The number of likely N-dealkylation sites (tertiary alicyclic amines) is 1. The predicted octanol–water partition coefficient (Wildman–Crippen LogP) is 3.03. The Kier molecular flexibility index (Phi) is 5.28. The van der Waals surface area contributed by atoms with Crippen molar-refractivity contribution in [1.29, 1.82) is 0 Å². The molecule has 3 rings (SSSR count).